The predicted molar refractivity (Wildman–Crippen MR) is 111 cm³/mol. The van der Waals surface area contributed by atoms with Crippen molar-refractivity contribution < 1.29 is 14.3 Å². The van der Waals surface area contributed by atoms with Gasteiger partial charge in [-0.3, -0.25) is 4.68 Å². The van der Waals surface area contributed by atoms with Crippen LogP contribution in [0.1, 0.15) is 21.6 Å². The van der Waals surface area contributed by atoms with Crippen LogP contribution in [0.2, 0.25) is 0 Å². The fraction of sp³-hybridized carbons (Fsp3) is 0.174. The van der Waals surface area contributed by atoms with Crippen molar-refractivity contribution in [1.29, 1.82) is 0 Å². The number of fused-ring (bicyclic) bond motifs is 1. The molecule has 0 radical (unpaired) electrons. The van der Waals surface area contributed by atoms with Gasteiger partial charge < -0.3 is 9.47 Å². The van der Waals surface area contributed by atoms with Crippen molar-refractivity contribution >= 4 is 17.0 Å². The highest BCUT2D eigenvalue weighted by Crippen LogP contribution is 2.33. The average molecular weight is 387 g/mol. The van der Waals surface area contributed by atoms with Gasteiger partial charge in [0.1, 0.15) is 6.61 Å². The van der Waals surface area contributed by atoms with Gasteiger partial charge >= 0.3 is 5.97 Å². The van der Waals surface area contributed by atoms with Gasteiger partial charge in [0, 0.05) is 13.1 Å². The number of rotatable bonds is 5. The van der Waals surface area contributed by atoms with E-state index in [1.165, 1.54) is 7.11 Å². The zero-order valence-corrected chi connectivity index (χ0v) is 16.5. The maximum Gasteiger partial charge on any atom is 0.337 e. The Morgan fingerprint density at radius 3 is 2.48 bits per heavy atom. The number of methoxy groups -OCH3 is 1. The molecule has 6 heteroatoms. The number of esters is 1. The first-order valence-electron chi connectivity index (χ1n) is 9.26. The molecule has 0 saturated heterocycles. The molecule has 0 atom stereocenters. The van der Waals surface area contributed by atoms with Gasteiger partial charge in [0.2, 0.25) is 5.88 Å². The largest absolute Gasteiger partial charge is 0.473 e. The van der Waals surface area contributed by atoms with E-state index in [2.05, 4.69) is 22.2 Å². The highest BCUT2D eigenvalue weighted by atomic mass is 16.5. The molecule has 29 heavy (non-hydrogen) atoms. The van der Waals surface area contributed by atoms with E-state index in [0.717, 1.165) is 33.4 Å². The van der Waals surface area contributed by atoms with Crippen LogP contribution >= 0.6 is 0 Å². The normalized spacial score (nSPS) is 10.9. The number of carbonyl (C=O) groups excluding carboxylic acids is 1. The fourth-order valence-corrected chi connectivity index (χ4v) is 3.35. The summed E-state index contributed by atoms with van der Waals surface area (Å²) in [4.78, 5) is 16.2. The summed E-state index contributed by atoms with van der Waals surface area (Å²) in [5.74, 6) is 0.167. The minimum Gasteiger partial charge on any atom is -0.473 e. The number of hydrogen-bond acceptors (Lipinski definition) is 5. The number of ether oxygens (including phenoxy) is 2. The zero-order chi connectivity index (χ0) is 20.4. The van der Waals surface area contributed by atoms with Gasteiger partial charge in [-0.05, 0) is 35.7 Å². The molecule has 2 aromatic heterocycles. The molecule has 2 aromatic carbocycles. The number of hydrogen-bond donors (Lipinski definition) is 0. The Bertz CT molecular complexity index is 1170. The van der Waals surface area contributed by atoms with Crippen LogP contribution in [0.3, 0.4) is 0 Å². The first kappa shape index (κ1) is 18.7. The van der Waals surface area contributed by atoms with Crippen LogP contribution in [0.4, 0.5) is 0 Å². The summed E-state index contributed by atoms with van der Waals surface area (Å²) in [6.45, 7) is 2.32. The summed E-state index contributed by atoms with van der Waals surface area (Å²) >= 11 is 0. The smallest absolute Gasteiger partial charge is 0.337 e. The summed E-state index contributed by atoms with van der Waals surface area (Å²) < 4.78 is 12.5. The lowest BCUT2D eigenvalue weighted by Crippen LogP contribution is -2.03. The lowest BCUT2D eigenvalue weighted by molar-refractivity contribution is 0.0600. The SMILES string of the molecule is COC(=O)c1ccc(COc2cc(-c3ccccc3)c3c(C)nn(C)c3n2)cc1. The van der Waals surface area contributed by atoms with E-state index in [1.807, 2.05) is 50.4 Å². The first-order chi connectivity index (χ1) is 14.1. The molecule has 0 aliphatic rings. The van der Waals surface area contributed by atoms with Gasteiger partial charge in [0.15, 0.2) is 5.65 Å². The van der Waals surface area contributed by atoms with Gasteiger partial charge in [-0.25, -0.2) is 4.79 Å². The van der Waals surface area contributed by atoms with Crippen LogP contribution in [0.5, 0.6) is 5.88 Å². The summed E-state index contributed by atoms with van der Waals surface area (Å²) in [5.41, 5.74) is 5.27. The van der Waals surface area contributed by atoms with Crippen LogP contribution in [0.25, 0.3) is 22.2 Å². The van der Waals surface area contributed by atoms with E-state index in [1.54, 1.807) is 16.8 Å². The third-order valence-corrected chi connectivity index (χ3v) is 4.79. The Hall–Kier alpha value is -3.67. The second-order valence-corrected chi connectivity index (χ2v) is 6.76. The molecule has 4 aromatic rings. The Balaban J connectivity index is 1.66. The van der Waals surface area contributed by atoms with Crippen molar-refractivity contribution in [2.45, 2.75) is 13.5 Å². The highest BCUT2D eigenvalue weighted by Gasteiger charge is 2.15. The standard InChI is InChI=1S/C23H21N3O3/c1-15-21-19(17-7-5-4-6-8-17)13-20(24-22(21)26(2)25-15)29-14-16-9-11-18(12-10-16)23(27)28-3/h4-13H,14H2,1-3H3. The molecule has 0 fully saturated rings. The number of aryl methyl sites for hydroxylation is 2. The second kappa shape index (κ2) is 7.75. The molecule has 0 amide bonds. The third kappa shape index (κ3) is 3.69. The van der Waals surface area contributed by atoms with Crippen LogP contribution in [0.15, 0.2) is 60.7 Å². The molecule has 0 bridgehead atoms. The topological polar surface area (TPSA) is 66.2 Å². The van der Waals surface area contributed by atoms with Gasteiger partial charge in [0.25, 0.3) is 0 Å². The van der Waals surface area contributed by atoms with Gasteiger partial charge in [-0.15, -0.1) is 0 Å². The minimum absolute atomic E-state index is 0.338. The van der Waals surface area contributed by atoms with E-state index >= 15 is 0 Å². The molecular weight excluding hydrogens is 366 g/mol. The highest BCUT2D eigenvalue weighted by molar-refractivity contribution is 5.95. The van der Waals surface area contributed by atoms with Crippen molar-refractivity contribution in [3.8, 4) is 17.0 Å². The molecule has 4 rings (SSSR count). The summed E-state index contributed by atoms with van der Waals surface area (Å²) in [6.07, 6.45) is 0. The minimum atomic E-state index is -0.358. The van der Waals surface area contributed by atoms with Crippen molar-refractivity contribution in [2.24, 2.45) is 7.05 Å². The molecular formula is C23H21N3O3. The number of carbonyl (C=O) groups is 1. The fourth-order valence-electron chi connectivity index (χ4n) is 3.35. The maximum absolute atomic E-state index is 11.6. The Morgan fingerprint density at radius 1 is 1.07 bits per heavy atom. The molecule has 0 aliphatic carbocycles. The molecule has 0 spiro atoms. The van der Waals surface area contributed by atoms with Gasteiger partial charge in [-0.1, -0.05) is 42.5 Å². The molecule has 0 N–H and O–H groups in total. The van der Waals surface area contributed by atoms with E-state index in [9.17, 15) is 4.79 Å². The summed E-state index contributed by atoms with van der Waals surface area (Å²) in [6, 6.07) is 19.2. The lowest BCUT2D eigenvalue weighted by atomic mass is 10.0. The number of nitrogens with zero attached hydrogens (tertiary/aromatic N) is 3. The van der Waals surface area contributed by atoms with Crippen molar-refractivity contribution in [1.82, 2.24) is 14.8 Å². The van der Waals surface area contributed by atoms with Crippen LogP contribution < -0.4 is 4.74 Å². The quantitative estimate of drug-likeness (QED) is 0.478. The molecule has 2 heterocycles. The Labute approximate surface area is 168 Å². The van der Waals surface area contributed by atoms with E-state index < -0.39 is 0 Å². The number of benzene rings is 2. The Morgan fingerprint density at radius 2 is 1.79 bits per heavy atom. The van der Waals surface area contributed by atoms with Crippen molar-refractivity contribution in [3.63, 3.8) is 0 Å². The van der Waals surface area contributed by atoms with E-state index in [0.29, 0.717) is 18.1 Å². The Kier molecular flexibility index (Phi) is 4.99. The van der Waals surface area contributed by atoms with Gasteiger partial charge in [-0.2, -0.15) is 10.1 Å². The lowest BCUT2D eigenvalue weighted by Gasteiger charge is -2.10. The molecule has 6 nitrogen and oxygen atoms in total. The monoisotopic (exact) mass is 387 g/mol. The summed E-state index contributed by atoms with van der Waals surface area (Å²) in [7, 11) is 3.25. The predicted octanol–water partition coefficient (Wildman–Crippen LogP) is 4.31. The van der Waals surface area contributed by atoms with Gasteiger partial charge in [0.05, 0.1) is 23.8 Å². The zero-order valence-electron chi connectivity index (χ0n) is 16.5. The van der Waals surface area contributed by atoms with Crippen LogP contribution in [-0.2, 0) is 18.4 Å². The van der Waals surface area contributed by atoms with E-state index in [-0.39, 0.29) is 5.97 Å². The summed E-state index contributed by atoms with van der Waals surface area (Å²) in [5, 5.41) is 5.55. The molecule has 0 saturated carbocycles. The molecule has 146 valence electrons. The van der Waals surface area contributed by atoms with E-state index in [4.69, 9.17) is 9.47 Å². The van der Waals surface area contributed by atoms with Crippen LogP contribution in [-0.4, -0.2) is 27.8 Å². The average Bonchev–Trinajstić information content (AvgIpc) is 3.05. The first-order valence-corrected chi connectivity index (χ1v) is 9.26. The molecule has 0 aliphatic heterocycles. The van der Waals surface area contributed by atoms with Crippen molar-refractivity contribution in [3.05, 3.63) is 77.5 Å². The number of aromatic nitrogens is 3. The second-order valence-electron chi connectivity index (χ2n) is 6.76. The molecule has 0 unspecified atom stereocenters. The number of pyridine rings is 1. The maximum atomic E-state index is 11.6. The van der Waals surface area contributed by atoms with Crippen LogP contribution in [0, 0.1) is 6.92 Å². The third-order valence-electron chi connectivity index (χ3n) is 4.79. The van der Waals surface area contributed by atoms with Crippen molar-refractivity contribution in [2.75, 3.05) is 7.11 Å².